The van der Waals surface area contributed by atoms with Crippen molar-refractivity contribution < 1.29 is 8.78 Å². The van der Waals surface area contributed by atoms with Gasteiger partial charge in [0, 0.05) is 49.9 Å². The van der Waals surface area contributed by atoms with Gasteiger partial charge in [0.1, 0.15) is 23.3 Å². The van der Waals surface area contributed by atoms with Crippen molar-refractivity contribution in [1.29, 1.82) is 0 Å². The number of aromatic nitrogens is 2. The van der Waals surface area contributed by atoms with Gasteiger partial charge < -0.3 is 4.90 Å². The van der Waals surface area contributed by atoms with Crippen LogP contribution in [0.4, 0.5) is 14.6 Å². The number of halogens is 2. The van der Waals surface area contributed by atoms with Crippen molar-refractivity contribution in [2.75, 3.05) is 25.0 Å². The number of rotatable bonds is 5. The fourth-order valence-electron chi connectivity index (χ4n) is 3.67. The van der Waals surface area contributed by atoms with Gasteiger partial charge in [0.25, 0.3) is 0 Å². The number of nitrogens with zero attached hydrogens (tertiary/aromatic N) is 4. The van der Waals surface area contributed by atoms with Gasteiger partial charge in [0.05, 0.1) is 0 Å². The zero-order valence-electron chi connectivity index (χ0n) is 15.0. The van der Waals surface area contributed by atoms with Crippen LogP contribution in [0.25, 0.3) is 0 Å². The van der Waals surface area contributed by atoms with E-state index in [1.807, 2.05) is 12.3 Å². The third-order valence-corrected chi connectivity index (χ3v) is 5.40. The van der Waals surface area contributed by atoms with Crippen molar-refractivity contribution in [3.05, 3.63) is 53.5 Å². The van der Waals surface area contributed by atoms with Gasteiger partial charge in [-0.25, -0.2) is 18.7 Å². The van der Waals surface area contributed by atoms with Gasteiger partial charge in [0.15, 0.2) is 0 Å². The summed E-state index contributed by atoms with van der Waals surface area (Å²) in [6.45, 7) is 2.28. The van der Waals surface area contributed by atoms with Crippen LogP contribution in [0, 0.1) is 11.6 Å². The van der Waals surface area contributed by atoms with E-state index in [0.717, 1.165) is 43.6 Å². The molecule has 0 amide bonds. The Morgan fingerprint density at radius 2 is 2.04 bits per heavy atom. The molecule has 2 heterocycles. The largest absolute Gasteiger partial charge is 0.355 e. The van der Waals surface area contributed by atoms with Crippen LogP contribution in [-0.2, 0) is 6.54 Å². The summed E-state index contributed by atoms with van der Waals surface area (Å²) in [6.07, 6.45) is 6.36. The molecule has 138 valence electrons. The molecule has 1 atom stereocenters. The molecule has 6 heteroatoms. The molecular weight excluding hydrogens is 334 g/mol. The van der Waals surface area contributed by atoms with Crippen LogP contribution in [0.3, 0.4) is 0 Å². The van der Waals surface area contributed by atoms with Crippen molar-refractivity contribution in [3.8, 4) is 0 Å². The fraction of sp³-hybridized carbons (Fsp3) is 0.500. The minimum absolute atomic E-state index is 0.328. The molecule has 1 aliphatic heterocycles. The summed E-state index contributed by atoms with van der Waals surface area (Å²) in [6, 6.07) is 6.12. The third-order valence-electron chi connectivity index (χ3n) is 5.40. The Hall–Kier alpha value is -2.08. The topological polar surface area (TPSA) is 32.3 Å². The van der Waals surface area contributed by atoms with Crippen LogP contribution in [0.2, 0.25) is 0 Å². The first-order valence-electron chi connectivity index (χ1n) is 9.32. The quantitative estimate of drug-likeness (QED) is 0.815. The maximum absolute atomic E-state index is 14.0. The SMILES string of the molecule is CN(c1ccnc(C2CC2)n1)C1CCCN(Cc2ccc(F)cc2F)C1. The Labute approximate surface area is 152 Å². The van der Waals surface area contributed by atoms with E-state index in [9.17, 15) is 8.78 Å². The van der Waals surface area contributed by atoms with Crippen LogP contribution in [0.15, 0.2) is 30.5 Å². The lowest BCUT2D eigenvalue weighted by Crippen LogP contribution is -2.46. The van der Waals surface area contributed by atoms with Gasteiger partial charge in [-0.3, -0.25) is 4.90 Å². The second-order valence-electron chi connectivity index (χ2n) is 7.43. The van der Waals surface area contributed by atoms with E-state index >= 15 is 0 Å². The number of anilines is 1. The normalized spacial score (nSPS) is 21.0. The lowest BCUT2D eigenvalue weighted by molar-refractivity contribution is 0.196. The van der Waals surface area contributed by atoms with Gasteiger partial charge in [-0.15, -0.1) is 0 Å². The molecule has 1 unspecified atom stereocenters. The summed E-state index contributed by atoms with van der Waals surface area (Å²) >= 11 is 0. The Kier molecular flexibility index (Phi) is 4.85. The molecule has 4 nitrogen and oxygen atoms in total. The van der Waals surface area contributed by atoms with Crippen molar-refractivity contribution >= 4 is 5.82 Å². The maximum atomic E-state index is 14.0. The maximum Gasteiger partial charge on any atom is 0.133 e. The van der Waals surface area contributed by atoms with Crippen LogP contribution in [-0.4, -0.2) is 41.0 Å². The second-order valence-corrected chi connectivity index (χ2v) is 7.43. The Morgan fingerprint density at radius 3 is 2.81 bits per heavy atom. The first-order valence-corrected chi connectivity index (χ1v) is 9.32. The van der Waals surface area contributed by atoms with Crippen molar-refractivity contribution in [3.63, 3.8) is 0 Å². The first-order chi connectivity index (χ1) is 12.6. The zero-order valence-corrected chi connectivity index (χ0v) is 15.0. The highest BCUT2D eigenvalue weighted by Crippen LogP contribution is 2.38. The van der Waals surface area contributed by atoms with Crippen LogP contribution in [0.1, 0.15) is 43.0 Å². The predicted octanol–water partition coefficient (Wildman–Crippen LogP) is 3.73. The van der Waals surface area contributed by atoms with Crippen LogP contribution in [0.5, 0.6) is 0 Å². The zero-order chi connectivity index (χ0) is 18.1. The number of hydrogen-bond donors (Lipinski definition) is 0. The lowest BCUT2D eigenvalue weighted by atomic mass is 10.0. The molecule has 1 saturated heterocycles. The van der Waals surface area contributed by atoms with E-state index < -0.39 is 11.6 Å². The van der Waals surface area contributed by atoms with E-state index in [-0.39, 0.29) is 0 Å². The fourth-order valence-corrected chi connectivity index (χ4v) is 3.67. The van der Waals surface area contributed by atoms with E-state index in [1.165, 1.54) is 18.9 Å². The molecule has 2 fully saturated rings. The Morgan fingerprint density at radius 1 is 1.19 bits per heavy atom. The van der Waals surface area contributed by atoms with E-state index in [2.05, 4.69) is 21.8 Å². The van der Waals surface area contributed by atoms with E-state index in [1.54, 1.807) is 6.07 Å². The average molecular weight is 358 g/mol. The third kappa shape index (κ3) is 3.85. The minimum Gasteiger partial charge on any atom is -0.355 e. The smallest absolute Gasteiger partial charge is 0.133 e. The first kappa shape index (κ1) is 17.3. The van der Waals surface area contributed by atoms with Gasteiger partial charge in [0.2, 0.25) is 0 Å². The molecule has 0 spiro atoms. The van der Waals surface area contributed by atoms with Crippen molar-refractivity contribution in [2.45, 2.75) is 44.2 Å². The van der Waals surface area contributed by atoms with E-state index in [0.29, 0.717) is 24.1 Å². The Balaban J connectivity index is 1.43. The number of hydrogen-bond acceptors (Lipinski definition) is 4. The monoisotopic (exact) mass is 358 g/mol. The van der Waals surface area contributed by atoms with Crippen molar-refractivity contribution in [1.82, 2.24) is 14.9 Å². The molecule has 1 saturated carbocycles. The molecule has 0 N–H and O–H groups in total. The predicted molar refractivity (Wildman–Crippen MR) is 97.1 cm³/mol. The summed E-state index contributed by atoms with van der Waals surface area (Å²) in [5.41, 5.74) is 0.549. The summed E-state index contributed by atoms with van der Waals surface area (Å²) in [5.74, 6) is 1.45. The highest BCUT2D eigenvalue weighted by Gasteiger charge is 2.28. The summed E-state index contributed by atoms with van der Waals surface area (Å²) in [7, 11) is 2.08. The molecule has 2 aromatic rings. The molecule has 2 aliphatic rings. The van der Waals surface area contributed by atoms with Gasteiger partial charge in [-0.05, 0) is 44.4 Å². The second kappa shape index (κ2) is 7.27. The van der Waals surface area contributed by atoms with Crippen molar-refractivity contribution in [2.24, 2.45) is 0 Å². The molecule has 0 radical (unpaired) electrons. The highest BCUT2D eigenvalue weighted by atomic mass is 19.1. The molecule has 1 aliphatic carbocycles. The molecule has 0 bridgehead atoms. The lowest BCUT2D eigenvalue weighted by Gasteiger charge is -2.38. The summed E-state index contributed by atoms with van der Waals surface area (Å²) in [4.78, 5) is 13.6. The minimum atomic E-state index is -0.530. The molecule has 1 aromatic heterocycles. The van der Waals surface area contributed by atoms with Gasteiger partial charge in [-0.2, -0.15) is 0 Å². The number of benzene rings is 1. The van der Waals surface area contributed by atoms with Crippen LogP contribution < -0.4 is 4.90 Å². The number of likely N-dealkylation sites (tertiary alicyclic amines) is 1. The van der Waals surface area contributed by atoms with Crippen LogP contribution >= 0.6 is 0 Å². The summed E-state index contributed by atoms with van der Waals surface area (Å²) in [5, 5.41) is 0. The molecular formula is C20H24F2N4. The highest BCUT2D eigenvalue weighted by molar-refractivity contribution is 5.38. The summed E-state index contributed by atoms with van der Waals surface area (Å²) < 4.78 is 27.1. The molecule has 4 rings (SSSR count). The standard InChI is InChI=1S/C20H24F2N4/c1-25(19-8-9-23-20(24-19)14-4-5-14)17-3-2-10-26(13-17)12-15-6-7-16(21)11-18(15)22/h6-9,11,14,17H,2-5,10,12-13H2,1H3. The van der Waals surface area contributed by atoms with Gasteiger partial charge in [-0.1, -0.05) is 6.07 Å². The molecule has 1 aromatic carbocycles. The van der Waals surface area contributed by atoms with Gasteiger partial charge >= 0.3 is 0 Å². The number of likely N-dealkylation sites (N-methyl/N-ethyl adjacent to an activating group) is 1. The van der Waals surface area contributed by atoms with E-state index in [4.69, 9.17) is 4.98 Å². The number of piperidine rings is 1. The molecule has 26 heavy (non-hydrogen) atoms. The Bertz CT molecular complexity index is 778. The average Bonchev–Trinajstić information content (AvgIpc) is 3.49.